The first kappa shape index (κ1) is 11.7. The van der Waals surface area contributed by atoms with E-state index in [1.165, 1.54) is 0 Å². The van der Waals surface area contributed by atoms with Crippen LogP contribution in [0.3, 0.4) is 0 Å². The van der Waals surface area contributed by atoms with Crippen molar-refractivity contribution < 1.29 is 18.3 Å². The van der Waals surface area contributed by atoms with Gasteiger partial charge in [0.1, 0.15) is 6.61 Å². The van der Waals surface area contributed by atoms with E-state index in [2.05, 4.69) is 4.74 Å². The second-order valence-electron chi connectivity index (χ2n) is 3.09. The monoisotopic (exact) mass is 225 g/mol. The van der Waals surface area contributed by atoms with Gasteiger partial charge < -0.3 is 9.64 Å². The second-order valence-corrected chi connectivity index (χ2v) is 4.64. The fraction of sp³-hybridized carbons (Fsp3) is 0.875. The highest BCUT2D eigenvalue weighted by molar-refractivity contribution is 7.99. The van der Waals surface area contributed by atoms with Gasteiger partial charge in [0.05, 0.1) is 0 Å². The van der Waals surface area contributed by atoms with Gasteiger partial charge in [0.25, 0.3) is 0 Å². The smallest absolute Gasteiger partial charge is 0.339 e. The molecule has 1 aliphatic heterocycles. The number of nitrogens with zero attached hydrogens (tertiary/aromatic N) is 1. The average molecular weight is 225 g/mol. The van der Waals surface area contributed by atoms with Gasteiger partial charge in [0, 0.05) is 24.1 Å². The van der Waals surface area contributed by atoms with Crippen LogP contribution in [0.5, 0.6) is 0 Å². The standard InChI is InChI=1S/C8H13F2NO2S/c1-6-4-11(2-3-14-6)7(12)5-13-8(9)10/h6,8H,2-5H2,1H3. The van der Waals surface area contributed by atoms with Crippen LogP contribution in [-0.2, 0) is 9.53 Å². The molecule has 0 aliphatic carbocycles. The molecule has 1 rings (SSSR count). The Labute approximate surface area is 85.8 Å². The Kier molecular flexibility index (Phi) is 4.60. The number of carbonyl (C=O) groups excluding carboxylic acids is 1. The summed E-state index contributed by atoms with van der Waals surface area (Å²) in [5.41, 5.74) is 0. The summed E-state index contributed by atoms with van der Waals surface area (Å²) < 4.78 is 27.2. The SMILES string of the molecule is CC1CN(C(=O)COC(F)F)CCS1. The molecule has 1 aliphatic rings. The van der Waals surface area contributed by atoms with Crippen LogP contribution in [0.4, 0.5) is 8.78 Å². The summed E-state index contributed by atoms with van der Waals surface area (Å²) in [7, 11) is 0. The fourth-order valence-corrected chi connectivity index (χ4v) is 2.28. The van der Waals surface area contributed by atoms with Crippen molar-refractivity contribution in [1.82, 2.24) is 4.90 Å². The van der Waals surface area contributed by atoms with E-state index in [0.29, 0.717) is 18.3 Å². The van der Waals surface area contributed by atoms with Crippen LogP contribution in [0.1, 0.15) is 6.92 Å². The van der Waals surface area contributed by atoms with E-state index in [1.54, 1.807) is 16.7 Å². The van der Waals surface area contributed by atoms with Crippen molar-refractivity contribution in [3.63, 3.8) is 0 Å². The number of amides is 1. The number of carbonyl (C=O) groups is 1. The molecule has 0 spiro atoms. The summed E-state index contributed by atoms with van der Waals surface area (Å²) in [4.78, 5) is 12.9. The zero-order valence-corrected chi connectivity index (χ0v) is 8.73. The molecular formula is C8H13F2NO2S. The van der Waals surface area contributed by atoms with Gasteiger partial charge in [-0.15, -0.1) is 0 Å². The van der Waals surface area contributed by atoms with E-state index in [0.717, 1.165) is 5.75 Å². The van der Waals surface area contributed by atoms with E-state index >= 15 is 0 Å². The minimum Gasteiger partial charge on any atom is -0.339 e. The Morgan fingerprint density at radius 2 is 2.43 bits per heavy atom. The predicted molar refractivity (Wildman–Crippen MR) is 50.5 cm³/mol. The summed E-state index contributed by atoms with van der Waals surface area (Å²) in [6, 6.07) is 0. The van der Waals surface area contributed by atoms with Crippen LogP contribution >= 0.6 is 11.8 Å². The molecule has 1 heterocycles. The molecule has 0 aromatic rings. The molecule has 0 bridgehead atoms. The van der Waals surface area contributed by atoms with Gasteiger partial charge >= 0.3 is 6.61 Å². The first-order valence-corrected chi connectivity index (χ1v) is 5.43. The first-order valence-electron chi connectivity index (χ1n) is 4.38. The number of alkyl halides is 2. The molecule has 0 aromatic carbocycles. The molecule has 14 heavy (non-hydrogen) atoms. The summed E-state index contributed by atoms with van der Waals surface area (Å²) in [5.74, 6) is 0.513. The lowest BCUT2D eigenvalue weighted by Crippen LogP contribution is -2.43. The Balaban J connectivity index is 2.29. The van der Waals surface area contributed by atoms with E-state index < -0.39 is 13.2 Å². The Morgan fingerprint density at radius 1 is 1.71 bits per heavy atom. The van der Waals surface area contributed by atoms with E-state index in [1.807, 2.05) is 6.92 Å². The highest BCUT2D eigenvalue weighted by atomic mass is 32.2. The molecule has 1 saturated heterocycles. The Hall–Kier alpha value is -0.360. The fourth-order valence-electron chi connectivity index (χ4n) is 1.27. The third kappa shape index (κ3) is 3.79. The second kappa shape index (κ2) is 5.50. The maximum absolute atomic E-state index is 11.6. The third-order valence-corrected chi connectivity index (χ3v) is 3.06. The normalized spacial score (nSPS) is 22.9. The Morgan fingerprint density at radius 3 is 3.00 bits per heavy atom. The molecule has 6 heteroatoms. The first-order chi connectivity index (χ1) is 6.59. The molecule has 82 valence electrons. The van der Waals surface area contributed by atoms with Crippen molar-refractivity contribution in [2.24, 2.45) is 0 Å². The van der Waals surface area contributed by atoms with Gasteiger partial charge in [-0.05, 0) is 0 Å². The molecule has 1 atom stereocenters. The summed E-state index contributed by atoms with van der Waals surface area (Å²) in [6.45, 7) is -0.125. The molecule has 0 saturated carbocycles. The largest absolute Gasteiger partial charge is 0.345 e. The lowest BCUT2D eigenvalue weighted by Gasteiger charge is -2.30. The zero-order chi connectivity index (χ0) is 10.6. The van der Waals surface area contributed by atoms with Gasteiger partial charge in [-0.1, -0.05) is 6.92 Å². The predicted octanol–water partition coefficient (Wildman–Crippen LogP) is 1.19. The number of hydrogen-bond acceptors (Lipinski definition) is 3. The van der Waals surface area contributed by atoms with Crippen LogP contribution in [0.25, 0.3) is 0 Å². The van der Waals surface area contributed by atoms with E-state index in [4.69, 9.17) is 0 Å². The van der Waals surface area contributed by atoms with Crippen LogP contribution in [-0.4, -0.2) is 48.1 Å². The summed E-state index contributed by atoms with van der Waals surface area (Å²) >= 11 is 1.78. The molecule has 0 N–H and O–H groups in total. The average Bonchev–Trinajstić information content (AvgIpc) is 2.14. The van der Waals surface area contributed by atoms with Crippen molar-refractivity contribution >= 4 is 17.7 Å². The summed E-state index contributed by atoms with van der Waals surface area (Å²) in [6.07, 6.45) is 0. The molecule has 0 radical (unpaired) electrons. The van der Waals surface area contributed by atoms with Crippen LogP contribution < -0.4 is 0 Å². The third-order valence-electron chi connectivity index (χ3n) is 1.93. The van der Waals surface area contributed by atoms with E-state index in [-0.39, 0.29) is 5.91 Å². The van der Waals surface area contributed by atoms with Crippen LogP contribution in [0.2, 0.25) is 0 Å². The van der Waals surface area contributed by atoms with Crippen molar-refractivity contribution in [2.75, 3.05) is 25.4 Å². The molecule has 1 unspecified atom stereocenters. The van der Waals surface area contributed by atoms with Crippen molar-refractivity contribution in [2.45, 2.75) is 18.8 Å². The maximum atomic E-state index is 11.6. The highest BCUT2D eigenvalue weighted by Gasteiger charge is 2.21. The quantitative estimate of drug-likeness (QED) is 0.722. The number of hydrogen-bond donors (Lipinski definition) is 0. The van der Waals surface area contributed by atoms with Crippen molar-refractivity contribution in [1.29, 1.82) is 0 Å². The van der Waals surface area contributed by atoms with Gasteiger partial charge in [0.2, 0.25) is 5.91 Å². The lowest BCUT2D eigenvalue weighted by molar-refractivity contribution is -0.159. The van der Waals surface area contributed by atoms with Gasteiger partial charge in [0.15, 0.2) is 0 Å². The minimum atomic E-state index is -2.87. The highest BCUT2D eigenvalue weighted by Crippen LogP contribution is 2.17. The Bertz CT molecular complexity index is 204. The molecular weight excluding hydrogens is 212 g/mol. The number of halogens is 2. The van der Waals surface area contributed by atoms with Crippen molar-refractivity contribution in [3.05, 3.63) is 0 Å². The van der Waals surface area contributed by atoms with Crippen LogP contribution in [0, 0.1) is 0 Å². The number of thioether (sulfide) groups is 1. The number of ether oxygens (including phenoxy) is 1. The summed E-state index contributed by atoms with van der Waals surface area (Å²) in [5, 5.41) is 0.374. The lowest BCUT2D eigenvalue weighted by atomic mass is 10.4. The minimum absolute atomic E-state index is 0.350. The van der Waals surface area contributed by atoms with Gasteiger partial charge in [-0.3, -0.25) is 4.79 Å². The number of rotatable bonds is 3. The molecule has 0 aromatic heterocycles. The van der Waals surface area contributed by atoms with Gasteiger partial charge in [-0.25, -0.2) is 0 Å². The van der Waals surface area contributed by atoms with Crippen LogP contribution in [0.15, 0.2) is 0 Å². The molecule has 3 nitrogen and oxygen atoms in total. The van der Waals surface area contributed by atoms with E-state index in [9.17, 15) is 13.6 Å². The zero-order valence-electron chi connectivity index (χ0n) is 7.91. The molecule has 1 amide bonds. The topological polar surface area (TPSA) is 29.5 Å². The maximum Gasteiger partial charge on any atom is 0.345 e. The van der Waals surface area contributed by atoms with Gasteiger partial charge in [-0.2, -0.15) is 20.5 Å². The molecule has 1 fully saturated rings. The van der Waals surface area contributed by atoms with Crippen molar-refractivity contribution in [3.8, 4) is 0 Å².